The van der Waals surface area contributed by atoms with Crippen LogP contribution in [0.5, 0.6) is 0 Å². The van der Waals surface area contributed by atoms with Crippen LogP contribution in [-0.2, 0) is 12.8 Å². The Morgan fingerprint density at radius 2 is 2.21 bits per heavy atom. The molecule has 98 valence electrons. The average molecular weight is 273 g/mol. The number of nitrogens with one attached hydrogen (secondary N) is 1. The van der Waals surface area contributed by atoms with Gasteiger partial charge in [-0.2, -0.15) is 0 Å². The Bertz CT molecular complexity index is 608. The normalized spacial score (nSPS) is 20.9. The van der Waals surface area contributed by atoms with Crippen molar-refractivity contribution in [2.45, 2.75) is 25.3 Å². The number of aromatic carboxylic acids is 1. The van der Waals surface area contributed by atoms with Crippen molar-refractivity contribution < 1.29 is 9.90 Å². The number of rotatable bonds is 3. The summed E-state index contributed by atoms with van der Waals surface area (Å²) in [7, 11) is 0. The van der Waals surface area contributed by atoms with Crippen LogP contribution in [0.2, 0.25) is 0 Å². The SMILES string of the molecule is CC1(Cc2ccsc2C(=O)O)Cc2ccccc2N1. The first-order valence-electron chi connectivity index (χ1n) is 6.23. The van der Waals surface area contributed by atoms with Crippen molar-refractivity contribution in [3.8, 4) is 0 Å². The highest BCUT2D eigenvalue weighted by molar-refractivity contribution is 7.12. The van der Waals surface area contributed by atoms with Gasteiger partial charge in [0.15, 0.2) is 0 Å². The van der Waals surface area contributed by atoms with E-state index in [0.29, 0.717) is 4.88 Å². The van der Waals surface area contributed by atoms with Gasteiger partial charge < -0.3 is 10.4 Å². The van der Waals surface area contributed by atoms with Crippen molar-refractivity contribution in [3.05, 3.63) is 51.7 Å². The molecule has 1 aromatic heterocycles. The summed E-state index contributed by atoms with van der Waals surface area (Å²) in [6.45, 7) is 2.15. The first-order valence-corrected chi connectivity index (χ1v) is 7.11. The molecule has 1 aliphatic rings. The van der Waals surface area contributed by atoms with Crippen LogP contribution in [0.4, 0.5) is 5.69 Å². The van der Waals surface area contributed by atoms with Crippen LogP contribution < -0.4 is 5.32 Å². The zero-order valence-electron chi connectivity index (χ0n) is 10.6. The standard InChI is InChI=1S/C15H15NO2S/c1-15(8-10-4-2-3-5-12(10)16-15)9-11-6-7-19-13(11)14(17)18/h2-7,16H,8-9H2,1H3,(H,17,18). The molecule has 1 unspecified atom stereocenters. The second-order valence-electron chi connectivity index (χ2n) is 5.28. The molecule has 0 amide bonds. The van der Waals surface area contributed by atoms with E-state index in [1.54, 1.807) is 0 Å². The monoisotopic (exact) mass is 273 g/mol. The van der Waals surface area contributed by atoms with E-state index in [9.17, 15) is 9.90 Å². The summed E-state index contributed by atoms with van der Waals surface area (Å²) in [5.41, 5.74) is 3.28. The van der Waals surface area contributed by atoms with E-state index in [0.717, 1.165) is 24.1 Å². The van der Waals surface area contributed by atoms with Gasteiger partial charge in [0.1, 0.15) is 4.88 Å². The fraction of sp³-hybridized carbons (Fsp3) is 0.267. The maximum atomic E-state index is 11.2. The second kappa shape index (κ2) is 4.38. The zero-order valence-corrected chi connectivity index (χ0v) is 11.5. The topological polar surface area (TPSA) is 49.3 Å². The lowest BCUT2D eigenvalue weighted by molar-refractivity contribution is 0.0701. The van der Waals surface area contributed by atoms with Crippen LogP contribution in [0.3, 0.4) is 0 Å². The number of hydrogen-bond donors (Lipinski definition) is 2. The van der Waals surface area contributed by atoms with Gasteiger partial charge in [-0.1, -0.05) is 18.2 Å². The minimum Gasteiger partial charge on any atom is -0.477 e. The Morgan fingerprint density at radius 1 is 1.42 bits per heavy atom. The summed E-state index contributed by atoms with van der Waals surface area (Å²) in [6.07, 6.45) is 1.66. The predicted octanol–water partition coefficient (Wildman–Crippen LogP) is 3.42. The Balaban J connectivity index is 1.85. The molecule has 1 aromatic carbocycles. The van der Waals surface area contributed by atoms with Gasteiger partial charge in [0.25, 0.3) is 0 Å². The van der Waals surface area contributed by atoms with Crippen LogP contribution in [-0.4, -0.2) is 16.6 Å². The molecule has 19 heavy (non-hydrogen) atoms. The average Bonchev–Trinajstić information content (AvgIpc) is 2.91. The maximum absolute atomic E-state index is 11.2. The van der Waals surface area contributed by atoms with E-state index in [1.807, 2.05) is 23.6 Å². The molecule has 3 nitrogen and oxygen atoms in total. The highest BCUT2D eigenvalue weighted by Crippen LogP contribution is 2.35. The van der Waals surface area contributed by atoms with Crippen LogP contribution >= 0.6 is 11.3 Å². The van der Waals surface area contributed by atoms with E-state index in [1.165, 1.54) is 16.9 Å². The third-order valence-corrected chi connectivity index (χ3v) is 4.50. The molecular weight excluding hydrogens is 258 g/mol. The highest BCUT2D eigenvalue weighted by Gasteiger charge is 2.33. The molecule has 0 radical (unpaired) electrons. The van der Waals surface area contributed by atoms with E-state index in [-0.39, 0.29) is 5.54 Å². The molecule has 0 spiro atoms. The summed E-state index contributed by atoms with van der Waals surface area (Å²) >= 11 is 1.30. The number of fused-ring (bicyclic) bond motifs is 1. The molecule has 2 aromatic rings. The molecule has 4 heteroatoms. The van der Waals surface area contributed by atoms with Gasteiger partial charge in [-0.25, -0.2) is 4.79 Å². The summed E-state index contributed by atoms with van der Waals surface area (Å²) in [5.74, 6) is -0.830. The van der Waals surface area contributed by atoms with E-state index in [4.69, 9.17) is 0 Å². The van der Waals surface area contributed by atoms with E-state index in [2.05, 4.69) is 24.4 Å². The van der Waals surface area contributed by atoms with Gasteiger partial charge in [-0.05, 0) is 48.4 Å². The molecule has 0 aliphatic carbocycles. The number of anilines is 1. The number of carboxylic acids is 1. The van der Waals surface area contributed by atoms with Crippen molar-refractivity contribution in [1.82, 2.24) is 0 Å². The van der Waals surface area contributed by atoms with Gasteiger partial charge >= 0.3 is 5.97 Å². The molecule has 3 rings (SSSR count). The quantitative estimate of drug-likeness (QED) is 0.901. The van der Waals surface area contributed by atoms with Crippen molar-refractivity contribution in [3.63, 3.8) is 0 Å². The minimum atomic E-state index is -0.830. The molecule has 1 aliphatic heterocycles. The van der Waals surface area contributed by atoms with Crippen LogP contribution in [0, 0.1) is 0 Å². The largest absolute Gasteiger partial charge is 0.477 e. The third-order valence-electron chi connectivity index (χ3n) is 3.56. The van der Waals surface area contributed by atoms with Crippen molar-refractivity contribution >= 4 is 23.0 Å². The first-order chi connectivity index (χ1) is 9.07. The Morgan fingerprint density at radius 3 is 2.95 bits per heavy atom. The molecule has 1 atom stereocenters. The predicted molar refractivity (Wildman–Crippen MR) is 77.2 cm³/mol. The smallest absolute Gasteiger partial charge is 0.346 e. The second-order valence-corrected chi connectivity index (χ2v) is 6.19. The van der Waals surface area contributed by atoms with Gasteiger partial charge in [-0.3, -0.25) is 0 Å². The Kier molecular flexibility index (Phi) is 2.82. The molecule has 0 bridgehead atoms. The molecular formula is C15H15NO2S. The summed E-state index contributed by atoms with van der Waals surface area (Å²) in [4.78, 5) is 11.6. The van der Waals surface area contributed by atoms with Crippen LogP contribution in [0.1, 0.15) is 27.7 Å². The summed E-state index contributed by atoms with van der Waals surface area (Å²) in [5, 5.41) is 14.6. The minimum absolute atomic E-state index is 0.102. The van der Waals surface area contributed by atoms with Crippen LogP contribution in [0.25, 0.3) is 0 Å². The van der Waals surface area contributed by atoms with Crippen molar-refractivity contribution in [2.24, 2.45) is 0 Å². The van der Waals surface area contributed by atoms with Gasteiger partial charge in [0.05, 0.1) is 0 Å². The van der Waals surface area contributed by atoms with Crippen molar-refractivity contribution in [2.75, 3.05) is 5.32 Å². The molecule has 0 fully saturated rings. The summed E-state index contributed by atoms with van der Waals surface area (Å²) < 4.78 is 0. The lowest BCUT2D eigenvalue weighted by Gasteiger charge is -2.25. The van der Waals surface area contributed by atoms with Crippen molar-refractivity contribution in [1.29, 1.82) is 0 Å². The number of thiophene rings is 1. The lowest BCUT2D eigenvalue weighted by Crippen LogP contribution is -2.35. The van der Waals surface area contributed by atoms with E-state index >= 15 is 0 Å². The molecule has 2 N–H and O–H groups in total. The zero-order chi connectivity index (χ0) is 13.5. The first kappa shape index (κ1) is 12.2. The number of benzene rings is 1. The number of carbonyl (C=O) groups is 1. The maximum Gasteiger partial charge on any atom is 0.346 e. The fourth-order valence-corrected chi connectivity index (χ4v) is 3.54. The molecule has 2 heterocycles. The molecule has 0 saturated heterocycles. The number of para-hydroxylation sites is 1. The Hall–Kier alpha value is -1.81. The summed E-state index contributed by atoms with van der Waals surface area (Å²) in [6, 6.07) is 10.2. The number of hydrogen-bond acceptors (Lipinski definition) is 3. The third kappa shape index (κ3) is 2.24. The Labute approximate surface area is 115 Å². The fourth-order valence-electron chi connectivity index (χ4n) is 2.78. The van der Waals surface area contributed by atoms with Crippen LogP contribution in [0.15, 0.2) is 35.7 Å². The van der Waals surface area contributed by atoms with Gasteiger partial charge in [0.2, 0.25) is 0 Å². The van der Waals surface area contributed by atoms with E-state index < -0.39 is 5.97 Å². The lowest BCUT2D eigenvalue weighted by atomic mass is 9.90. The number of carboxylic acid groups (broad SMARTS) is 1. The molecule has 0 saturated carbocycles. The van der Waals surface area contributed by atoms with Gasteiger partial charge in [-0.15, -0.1) is 11.3 Å². The highest BCUT2D eigenvalue weighted by atomic mass is 32.1. The van der Waals surface area contributed by atoms with Gasteiger partial charge in [0, 0.05) is 11.2 Å².